The van der Waals surface area contributed by atoms with Crippen LogP contribution >= 0.6 is 0 Å². The number of allylic oxidation sites excluding steroid dienone is 1. The number of halogens is 3. The Morgan fingerprint density at radius 3 is 2.40 bits per heavy atom. The predicted octanol–water partition coefficient (Wildman–Crippen LogP) is -0.0372. The SMILES string of the molecule is C/C=C/[C@@H](O)[C@H](CO)NC(=O)C(F)(F)F. The first kappa shape index (κ1) is 13.9. The molecule has 0 bridgehead atoms. The first-order valence-electron chi connectivity index (χ1n) is 4.12. The molecule has 2 atom stereocenters. The van der Waals surface area contributed by atoms with E-state index in [0.717, 1.165) is 6.08 Å². The number of aliphatic hydroxyl groups is 2. The molecule has 88 valence electrons. The van der Waals surface area contributed by atoms with Gasteiger partial charge in [0.25, 0.3) is 0 Å². The van der Waals surface area contributed by atoms with Crippen molar-refractivity contribution in [2.45, 2.75) is 25.2 Å². The summed E-state index contributed by atoms with van der Waals surface area (Å²) >= 11 is 0. The highest BCUT2D eigenvalue weighted by atomic mass is 19.4. The Kier molecular flexibility index (Phi) is 5.31. The van der Waals surface area contributed by atoms with Gasteiger partial charge in [-0.25, -0.2) is 0 Å². The van der Waals surface area contributed by atoms with Crippen LogP contribution in [-0.2, 0) is 4.79 Å². The van der Waals surface area contributed by atoms with Crippen molar-refractivity contribution >= 4 is 5.91 Å². The number of hydrogen-bond donors (Lipinski definition) is 3. The molecule has 0 aliphatic carbocycles. The zero-order valence-corrected chi connectivity index (χ0v) is 7.95. The lowest BCUT2D eigenvalue weighted by atomic mass is 10.1. The summed E-state index contributed by atoms with van der Waals surface area (Å²) in [4.78, 5) is 10.5. The van der Waals surface area contributed by atoms with Gasteiger partial charge in [0, 0.05) is 0 Å². The van der Waals surface area contributed by atoms with Gasteiger partial charge in [-0.15, -0.1) is 0 Å². The molecule has 0 heterocycles. The molecule has 7 heteroatoms. The normalized spacial score (nSPS) is 16.4. The number of nitrogens with one attached hydrogen (secondary N) is 1. The maximum atomic E-state index is 11.8. The third-order valence-corrected chi connectivity index (χ3v) is 1.57. The summed E-state index contributed by atoms with van der Waals surface area (Å²) in [7, 11) is 0. The van der Waals surface area contributed by atoms with E-state index >= 15 is 0 Å². The molecular formula is C8H12F3NO3. The van der Waals surface area contributed by atoms with Crippen LogP contribution in [0.4, 0.5) is 13.2 Å². The molecule has 0 rings (SSSR count). The minimum atomic E-state index is -5.02. The first-order valence-corrected chi connectivity index (χ1v) is 4.12. The highest BCUT2D eigenvalue weighted by molar-refractivity contribution is 5.82. The number of alkyl halides is 3. The smallest absolute Gasteiger partial charge is 0.394 e. The number of carbonyl (C=O) groups is 1. The van der Waals surface area contributed by atoms with Crippen molar-refractivity contribution in [3.05, 3.63) is 12.2 Å². The Labute approximate surface area is 84.4 Å². The topological polar surface area (TPSA) is 69.6 Å². The second kappa shape index (κ2) is 5.72. The largest absolute Gasteiger partial charge is 0.471 e. The minimum Gasteiger partial charge on any atom is -0.394 e. The van der Waals surface area contributed by atoms with Gasteiger partial charge in [0.05, 0.1) is 18.8 Å². The number of hydrogen-bond acceptors (Lipinski definition) is 3. The Hall–Kier alpha value is -1.08. The average molecular weight is 227 g/mol. The van der Waals surface area contributed by atoms with Crippen molar-refractivity contribution in [2.75, 3.05) is 6.61 Å². The number of aliphatic hydroxyl groups excluding tert-OH is 2. The van der Waals surface area contributed by atoms with Gasteiger partial charge >= 0.3 is 12.1 Å². The fraction of sp³-hybridized carbons (Fsp3) is 0.625. The Morgan fingerprint density at radius 2 is 2.07 bits per heavy atom. The van der Waals surface area contributed by atoms with Gasteiger partial charge in [-0.2, -0.15) is 13.2 Å². The average Bonchev–Trinajstić information content (AvgIpc) is 2.12. The van der Waals surface area contributed by atoms with Crippen LogP contribution in [0.15, 0.2) is 12.2 Å². The summed E-state index contributed by atoms with van der Waals surface area (Å²) in [6.45, 7) is 0.760. The quantitative estimate of drug-likeness (QED) is 0.590. The van der Waals surface area contributed by atoms with E-state index in [2.05, 4.69) is 0 Å². The van der Waals surface area contributed by atoms with Crippen LogP contribution in [0.3, 0.4) is 0 Å². The van der Waals surface area contributed by atoms with E-state index in [9.17, 15) is 23.1 Å². The van der Waals surface area contributed by atoms with Gasteiger partial charge in [-0.05, 0) is 6.92 Å². The summed E-state index contributed by atoms with van der Waals surface area (Å²) in [5.74, 6) is -2.19. The lowest BCUT2D eigenvalue weighted by Gasteiger charge is -2.20. The Morgan fingerprint density at radius 1 is 1.53 bits per heavy atom. The number of amides is 1. The van der Waals surface area contributed by atoms with Gasteiger partial charge < -0.3 is 15.5 Å². The zero-order valence-electron chi connectivity index (χ0n) is 7.95. The van der Waals surface area contributed by atoms with Crippen molar-refractivity contribution < 1.29 is 28.2 Å². The van der Waals surface area contributed by atoms with E-state index in [-0.39, 0.29) is 0 Å². The third-order valence-electron chi connectivity index (χ3n) is 1.57. The molecule has 0 unspecified atom stereocenters. The van der Waals surface area contributed by atoms with Crippen molar-refractivity contribution in [2.24, 2.45) is 0 Å². The molecule has 15 heavy (non-hydrogen) atoms. The van der Waals surface area contributed by atoms with Gasteiger partial charge in [0.2, 0.25) is 0 Å². The van der Waals surface area contributed by atoms with E-state index in [4.69, 9.17) is 5.11 Å². The summed E-state index contributed by atoms with van der Waals surface area (Å²) < 4.78 is 35.4. The van der Waals surface area contributed by atoms with Crippen LogP contribution in [0.2, 0.25) is 0 Å². The van der Waals surface area contributed by atoms with E-state index in [1.165, 1.54) is 11.4 Å². The molecule has 3 N–H and O–H groups in total. The monoisotopic (exact) mass is 227 g/mol. The maximum Gasteiger partial charge on any atom is 0.471 e. The molecule has 0 saturated carbocycles. The number of rotatable bonds is 4. The van der Waals surface area contributed by atoms with E-state index in [1.54, 1.807) is 6.92 Å². The molecule has 0 aliphatic rings. The highest BCUT2D eigenvalue weighted by Crippen LogP contribution is 2.14. The van der Waals surface area contributed by atoms with E-state index in [0.29, 0.717) is 0 Å². The van der Waals surface area contributed by atoms with Crippen molar-refractivity contribution in [3.63, 3.8) is 0 Å². The molecular weight excluding hydrogens is 215 g/mol. The molecule has 0 spiro atoms. The van der Waals surface area contributed by atoms with Gasteiger partial charge in [0.1, 0.15) is 0 Å². The summed E-state index contributed by atoms with van der Waals surface area (Å²) in [5.41, 5.74) is 0. The van der Waals surface area contributed by atoms with Crippen LogP contribution < -0.4 is 5.32 Å². The molecule has 4 nitrogen and oxygen atoms in total. The molecule has 0 aromatic heterocycles. The Balaban J connectivity index is 4.40. The van der Waals surface area contributed by atoms with Crippen molar-refractivity contribution in [1.82, 2.24) is 5.32 Å². The fourth-order valence-corrected chi connectivity index (χ4v) is 0.821. The van der Waals surface area contributed by atoms with E-state index in [1.807, 2.05) is 0 Å². The van der Waals surface area contributed by atoms with Crippen LogP contribution in [0.25, 0.3) is 0 Å². The highest BCUT2D eigenvalue weighted by Gasteiger charge is 2.40. The van der Waals surface area contributed by atoms with Crippen LogP contribution in [-0.4, -0.2) is 41.0 Å². The molecule has 0 radical (unpaired) electrons. The third kappa shape index (κ3) is 4.80. The molecule has 0 aromatic rings. The second-order valence-corrected chi connectivity index (χ2v) is 2.78. The molecule has 0 saturated heterocycles. The van der Waals surface area contributed by atoms with Crippen LogP contribution in [0, 0.1) is 0 Å². The van der Waals surface area contributed by atoms with Crippen LogP contribution in [0.1, 0.15) is 6.92 Å². The number of carbonyl (C=O) groups excluding carboxylic acids is 1. The summed E-state index contributed by atoms with van der Waals surface area (Å²) in [6.07, 6.45) is -3.82. The first-order chi connectivity index (χ1) is 6.82. The fourth-order valence-electron chi connectivity index (χ4n) is 0.821. The lowest BCUT2D eigenvalue weighted by Crippen LogP contribution is -2.49. The standard InChI is InChI=1S/C8H12F3NO3/c1-2-3-6(14)5(4-13)12-7(15)8(9,10)11/h2-3,5-6,13-14H,4H2,1H3,(H,12,15)/b3-2+/t5-,6+/m0/s1. The lowest BCUT2D eigenvalue weighted by molar-refractivity contribution is -0.175. The van der Waals surface area contributed by atoms with Gasteiger partial charge in [-0.1, -0.05) is 12.2 Å². The second-order valence-electron chi connectivity index (χ2n) is 2.78. The molecule has 0 fully saturated rings. The predicted molar refractivity (Wildman–Crippen MR) is 45.9 cm³/mol. The molecule has 0 aromatic carbocycles. The minimum absolute atomic E-state index is 0.784. The van der Waals surface area contributed by atoms with Gasteiger partial charge in [0.15, 0.2) is 0 Å². The Bertz CT molecular complexity index is 240. The summed E-state index contributed by atoms with van der Waals surface area (Å²) in [5, 5.41) is 19.3. The van der Waals surface area contributed by atoms with Crippen molar-refractivity contribution in [3.8, 4) is 0 Å². The van der Waals surface area contributed by atoms with Crippen molar-refractivity contribution in [1.29, 1.82) is 0 Å². The molecule has 1 amide bonds. The zero-order chi connectivity index (χ0) is 12.1. The maximum absolute atomic E-state index is 11.8. The van der Waals surface area contributed by atoms with Gasteiger partial charge in [-0.3, -0.25) is 4.79 Å². The van der Waals surface area contributed by atoms with Crippen LogP contribution in [0.5, 0.6) is 0 Å². The molecule has 0 aliphatic heterocycles. The summed E-state index contributed by atoms with van der Waals surface area (Å²) in [6, 6.07) is -1.37. The van der Waals surface area contributed by atoms with E-state index < -0.39 is 30.8 Å².